The summed E-state index contributed by atoms with van der Waals surface area (Å²) in [6, 6.07) is 8.26. The van der Waals surface area contributed by atoms with Crippen LogP contribution in [-0.4, -0.2) is 11.5 Å². The molecule has 4 nitrogen and oxygen atoms in total. The largest absolute Gasteiger partial charge is 0.441 e. The fourth-order valence-corrected chi connectivity index (χ4v) is 1.87. The second-order valence-electron chi connectivity index (χ2n) is 4.40. The van der Waals surface area contributed by atoms with Gasteiger partial charge >= 0.3 is 0 Å². The third-order valence-corrected chi connectivity index (χ3v) is 2.95. The molecule has 0 radical (unpaired) electrons. The van der Waals surface area contributed by atoms with Crippen molar-refractivity contribution in [2.45, 2.75) is 26.8 Å². The van der Waals surface area contributed by atoms with Gasteiger partial charge in [-0.25, -0.2) is 4.98 Å². The summed E-state index contributed by atoms with van der Waals surface area (Å²) in [6.45, 7) is 5.35. The maximum Gasteiger partial charge on any atom is 0.192 e. The zero-order chi connectivity index (χ0) is 13.0. The normalized spacial score (nSPS) is 12.5. The summed E-state index contributed by atoms with van der Waals surface area (Å²) in [5.74, 6) is 0.772. The van der Waals surface area contributed by atoms with Crippen molar-refractivity contribution in [1.82, 2.24) is 10.3 Å². The van der Waals surface area contributed by atoms with E-state index in [2.05, 4.69) is 16.4 Å². The third-order valence-electron chi connectivity index (χ3n) is 2.95. The van der Waals surface area contributed by atoms with Crippen LogP contribution in [0.15, 0.2) is 22.6 Å². The summed E-state index contributed by atoms with van der Waals surface area (Å²) < 4.78 is 5.43. The molecule has 1 heterocycles. The number of aromatic nitrogens is 1. The van der Waals surface area contributed by atoms with Gasteiger partial charge in [-0.3, -0.25) is 0 Å². The molecule has 2 aromatic rings. The predicted octanol–water partition coefficient (Wildman–Crippen LogP) is 2.78. The number of nitriles is 1. The molecule has 18 heavy (non-hydrogen) atoms. The number of benzene rings is 1. The van der Waals surface area contributed by atoms with Crippen molar-refractivity contribution < 1.29 is 4.42 Å². The molecule has 1 aromatic carbocycles. The highest BCUT2D eigenvalue weighted by molar-refractivity contribution is 5.73. The van der Waals surface area contributed by atoms with E-state index in [4.69, 9.17) is 9.68 Å². The molecule has 1 unspecified atom stereocenters. The Hall–Kier alpha value is -1.86. The molecular formula is C14H17N3O. The van der Waals surface area contributed by atoms with Gasteiger partial charge in [0.1, 0.15) is 5.52 Å². The molecule has 0 fully saturated rings. The van der Waals surface area contributed by atoms with Gasteiger partial charge in [-0.2, -0.15) is 5.26 Å². The number of nitrogens with one attached hydrogen (secondary N) is 1. The van der Waals surface area contributed by atoms with Crippen molar-refractivity contribution in [3.8, 4) is 6.07 Å². The van der Waals surface area contributed by atoms with Crippen molar-refractivity contribution in [2.24, 2.45) is 5.92 Å². The van der Waals surface area contributed by atoms with Gasteiger partial charge < -0.3 is 9.73 Å². The number of rotatable bonds is 5. The zero-order valence-electron chi connectivity index (χ0n) is 10.7. The smallest absolute Gasteiger partial charge is 0.192 e. The molecule has 2 rings (SSSR count). The number of hydrogen-bond acceptors (Lipinski definition) is 4. The number of fused-ring (bicyclic) bond motifs is 1. The number of oxazole rings is 1. The van der Waals surface area contributed by atoms with Crippen LogP contribution in [0, 0.1) is 24.2 Å². The Morgan fingerprint density at radius 1 is 1.50 bits per heavy atom. The van der Waals surface area contributed by atoms with E-state index in [1.54, 1.807) is 0 Å². The van der Waals surface area contributed by atoms with Crippen molar-refractivity contribution in [1.29, 1.82) is 5.26 Å². The Bertz CT molecular complexity index is 568. The lowest BCUT2D eigenvalue weighted by Crippen LogP contribution is -2.21. The lowest BCUT2D eigenvalue weighted by molar-refractivity contribution is 0.552. The first-order chi connectivity index (χ1) is 8.72. The maximum absolute atomic E-state index is 8.85. The molecule has 0 bridgehead atoms. The standard InChI is InChI=1S/C14H17N3O/c1-3-11(7-15)8-16-9-12-4-5-14-13(6-12)17-10(2)18-14/h4-6,11,16H,3,8-9H2,1-2H3. The molecule has 0 spiro atoms. The molecule has 0 aliphatic rings. The van der Waals surface area contributed by atoms with Gasteiger partial charge in [0.15, 0.2) is 11.5 Å². The van der Waals surface area contributed by atoms with Crippen molar-refractivity contribution in [2.75, 3.05) is 6.54 Å². The van der Waals surface area contributed by atoms with E-state index in [0.717, 1.165) is 36.2 Å². The van der Waals surface area contributed by atoms with Crippen LogP contribution in [0.5, 0.6) is 0 Å². The fourth-order valence-electron chi connectivity index (χ4n) is 1.87. The molecule has 0 saturated heterocycles. The van der Waals surface area contributed by atoms with E-state index in [1.807, 2.05) is 32.0 Å². The van der Waals surface area contributed by atoms with E-state index in [9.17, 15) is 0 Å². The van der Waals surface area contributed by atoms with E-state index in [0.29, 0.717) is 5.89 Å². The minimum absolute atomic E-state index is 0.0861. The first-order valence-electron chi connectivity index (χ1n) is 6.19. The molecule has 0 amide bonds. The van der Waals surface area contributed by atoms with Crippen LogP contribution in [0.4, 0.5) is 0 Å². The Morgan fingerprint density at radius 3 is 3.06 bits per heavy atom. The molecule has 0 saturated carbocycles. The van der Waals surface area contributed by atoms with Gasteiger partial charge in [0.25, 0.3) is 0 Å². The summed E-state index contributed by atoms with van der Waals surface area (Å²) >= 11 is 0. The van der Waals surface area contributed by atoms with Crippen LogP contribution in [0.3, 0.4) is 0 Å². The van der Waals surface area contributed by atoms with Crippen molar-refractivity contribution in [3.63, 3.8) is 0 Å². The third kappa shape index (κ3) is 2.88. The minimum atomic E-state index is 0.0861. The van der Waals surface area contributed by atoms with E-state index < -0.39 is 0 Å². The highest BCUT2D eigenvalue weighted by Gasteiger charge is 2.05. The molecule has 1 aromatic heterocycles. The van der Waals surface area contributed by atoms with Crippen LogP contribution < -0.4 is 5.32 Å². The summed E-state index contributed by atoms with van der Waals surface area (Å²) in [5, 5.41) is 12.1. The quantitative estimate of drug-likeness (QED) is 0.877. The van der Waals surface area contributed by atoms with Gasteiger partial charge in [0.2, 0.25) is 0 Å². The Balaban J connectivity index is 1.97. The van der Waals surface area contributed by atoms with Crippen molar-refractivity contribution in [3.05, 3.63) is 29.7 Å². The predicted molar refractivity (Wildman–Crippen MR) is 69.8 cm³/mol. The van der Waals surface area contributed by atoms with Crippen molar-refractivity contribution >= 4 is 11.1 Å². The number of aryl methyl sites for hydroxylation is 1. The minimum Gasteiger partial charge on any atom is -0.441 e. The molecule has 94 valence electrons. The van der Waals surface area contributed by atoms with E-state index in [-0.39, 0.29) is 5.92 Å². The highest BCUT2D eigenvalue weighted by atomic mass is 16.3. The number of nitrogens with zero attached hydrogens (tertiary/aromatic N) is 2. The van der Waals surface area contributed by atoms with Crippen LogP contribution in [0.1, 0.15) is 24.8 Å². The van der Waals surface area contributed by atoms with Gasteiger partial charge in [0, 0.05) is 20.0 Å². The molecule has 4 heteroatoms. The van der Waals surface area contributed by atoms with Gasteiger partial charge in [-0.1, -0.05) is 13.0 Å². The van der Waals surface area contributed by atoms with Crippen LogP contribution >= 0.6 is 0 Å². The molecular weight excluding hydrogens is 226 g/mol. The topological polar surface area (TPSA) is 61.9 Å². The zero-order valence-corrected chi connectivity index (χ0v) is 10.7. The van der Waals surface area contributed by atoms with Gasteiger partial charge in [-0.05, 0) is 24.1 Å². The molecule has 0 aliphatic heterocycles. The van der Waals surface area contributed by atoms with E-state index in [1.165, 1.54) is 0 Å². The molecule has 1 atom stereocenters. The maximum atomic E-state index is 8.85. The van der Waals surface area contributed by atoms with Gasteiger partial charge in [-0.15, -0.1) is 0 Å². The lowest BCUT2D eigenvalue weighted by Gasteiger charge is -2.07. The Kier molecular flexibility index (Phi) is 3.96. The lowest BCUT2D eigenvalue weighted by atomic mass is 10.1. The average molecular weight is 243 g/mol. The summed E-state index contributed by atoms with van der Waals surface area (Å²) in [6.07, 6.45) is 0.880. The van der Waals surface area contributed by atoms with Gasteiger partial charge in [0.05, 0.1) is 12.0 Å². The summed E-state index contributed by atoms with van der Waals surface area (Å²) in [5.41, 5.74) is 2.86. The first-order valence-corrected chi connectivity index (χ1v) is 6.19. The monoisotopic (exact) mass is 243 g/mol. The first kappa shape index (κ1) is 12.6. The summed E-state index contributed by atoms with van der Waals surface area (Å²) in [4.78, 5) is 4.30. The van der Waals surface area contributed by atoms with E-state index >= 15 is 0 Å². The molecule has 0 aliphatic carbocycles. The molecule has 1 N–H and O–H groups in total. The highest BCUT2D eigenvalue weighted by Crippen LogP contribution is 2.16. The second kappa shape index (κ2) is 5.65. The van der Waals surface area contributed by atoms with Crippen LogP contribution in [0.25, 0.3) is 11.1 Å². The summed E-state index contributed by atoms with van der Waals surface area (Å²) in [7, 11) is 0. The Morgan fingerprint density at radius 2 is 2.33 bits per heavy atom. The fraction of sp³-hybridized carbons (Fsp3) is 0.429. The number of hydrogen-bond donors (Lipinski definition) is 1. The Labute approximate surface area is 107 Å². The van der Waals surface area contributed by atoms with Crippen LogP contribution in [0.2, 0.25) is 0 Å². The second-order valence-corrected chi connectivity index (χ2v) is 4.40. The SMILES string of the molecule is CCC(C#N)CNCc1ccc2oc(C)nc2c1. The van der Waals surface area contributed by atoms with Crippen LogP contribution in [-0.2, 0) is 6.54 Å². The average Bonchev–Trinajstić information content (AvgIpc) is 2.74.